The van der Waals surface area contributed by atoms with E-state index >= 15 is 0 Å². The number of hydrogen-bond acceptors (Lipinski definition) is 2. The maximum atomic E-state index is 11.9. The molecule has 4 heteroatoms. The number of carbonyl (C=O) groups excluding carboxylic acids is 2. The van der Waals surface area contributed by atoms with E-state index in [0.29, 0.717) is 50.7 Å². The average Bonchev–Trinajstić information content (AvgIpc) is 2.25. The molecule has 2 nitrogen and oxygen atoms in total. The first-order chi connectivity index (χ1) is 8.86. The van der Waals surface area contributed by atoms with Gasteiger partial charge in [-0.1, -0.05) is 0 Å². The summed E-state index contributed by atoms with van der Waals surface area (Å²) in [6.07, 6.45) is 1.36. The fourth-order valence-corrected chi connectivity index (χ4v) is 9.53. The van der Waals surface area contributed by atoms with Gasteiger partial charge in [-0.3, -0.25) is 0 Å². The second-order valence-electron chi connectivity index (χ2n) is 7.28. The summed E-state index contributed by atoms with van der Waals surface area (Å²) < 4.78 is 0.235. The van der Waals surface area contributed by atoms with E-state index in [0.717, 1.165) is 0 Å². The topological polar surface area (TPSA) is 34.1 Å². The number of rotatable bonds is 9. The normalized spacial score (nSPS) is 13.1. The van der Waals surface area contributed by atoms with Gasteiger partial charge >= 0.3 is 136 Å². The van der Waals surface area contributed by atoms with E-state index in [1.165, 1.54) is 0 Å². The van der Waals surface area contributed by atoms with Crippen LogP contribution in [0.5, 0.6) is 0 Å². The summed E-state index contributed by atoms with van der Waals surface area (Å²) in [5.41, 5.74) is 0. The van der Waals surface area contributed by atoms with E-state index in [9.17, 15) is 9.59 Å². The molecule has 0 aromatic carbocycles. The Labute approximate surface area is 136 Å². The Kier molecular flexibility index (Phi) is 8.28. The molecule has 0 aliphatic heterocycles. The number of carbonyl (C=O) groups is 2. The van der Waals surface area contributed by atoms with Crippen LogP contribution in [0.1, 0.15) is 68.2 Å². The van der Waals surface area contributed by atoms with Gasteiger partial charge in [0.05, 0.1) is 0 Å². The van der Waals surface area contributed by atoms with Gasteiger partial charge in [-0.15, -0.1) is 0 Å². The minimum absolute atomic E-state index is 0.118. The van der Waals surface area contributed by atoms with Crippen LogP contribution in [-0.4, -0.2) is 37.8 Å². The Morgan fingerprint density at radius 3 is 1.20 bits per heavy atom. The van der Waals surface area contributed by atoms with Crippen LogP contribution in [0.25, 0.3) is 0 Å². The summed E-state index contributed by atoms with van der Waals surface area (Å²) in [5, 5.41) is 0. The summed E-state index contributed by atoms with van der Waals surface area (Å²) in [6, 6.07) is 0. The van der Waals surface area contributed by atoms with Crippen molar-refractivity contribution in [3.8, 4) is 0 Å². The van der Waals surface area contributed by atoms with Crippen molar-refractivity contribution in [3.05, 3.63) is 0 Å². The first kappa shape index (κ1) is 20.4. The van der Waals surface area contributed by atoms with Gasteiger partial charge < -0.3 is 0 Å². The quantitative estimate of drug-likeness (QED) is 0.538. The van der Waals surface area contributed by atoms with Crippen LogP contribution < -0.4 is 0 Å². The second-order valence-corrected chi connectivity index (χ2v) is 16.3. The Morgan fingerprint density at radius 1 is 0.750 bits per heavy atom. The molecule has 0 heterocycles. The third-order valence-corrected chi connectivity index (χ3v) is 16.4. The molecule has 0 saturated heterocycles. The molecule has 0 saturated carbocycles. The van der Waals surface area contributed by atoms with Crippen molar-refractivity contribution in [1.82, 2.24) is 0 Å². The monoisotopic (exact) mass is 414 g/mol. The van der Waals surface area contributed by atoms with E-state index in [1.54, 1.807) is 0 Å². The van der Waals surface area contributed by atoms with Crippen LogP contribution in [0.4, 0.5) is 0 Å². The summed E-state index contributed by atoms with van der Waals surface area (Å²) in [4.78, 5) is 23.8. The fourth-order valence-electron chi connectivity index (χ4n) is 1.53. The maximum absolute atomic E-state index is 11.9. The summed E-state index contributed by atoms with van der Waals surface area (Å²) in [7, 11) is 0. The first-order valence-corrected chi connectivity index (χ1v) is 13.3. The first-order valence-electron chi connectivity index (χ1n) is 7.28. The van der Waals surface area contributed by atoms with Crippen LogP contribution in [0.3, 0.4) is 0 Å². The minimum atomic E-state index is 0.118. The van der Waals surface area contributed by atoms with Crippen LogP contribution in [0, 0.1) is 11.8 Å². The van der Waals surface area contributed by atoms with Gasteiger partial charge in [0.2, 0.25) is 0 Å². The number of ketones is 2. The van der Waals surface area contributed by atoms with Gasteiger partial charge in [-0.2, -0.15) is 0 Å². The van der Waals surface area contributed by atoms with Crippen molar-refractivity contribution in [2.45, 2.75) is 76.9 Å². The Balaban J connectivity index is 4.43. The van der Waals surface area contributed by atoms with Crippen molar-refractivity contribution >= 4 is 37.8 Å². The van der Waals surface area contributed by atoms with E-state index in [2.05, 4.69) is 27.7 Å². The molecule has 0 radical (unpaired) electrons. The third-order valence-electron chi connectivity index (χ3n) is 2.98. The van der Waals surface area contributed by atoms with Crippen molar-refractivity contribution in [2.24, 2.45) is 11.8 Å². The molecular formula is C16H30O2Se2. The van der Waals surface area contributed by atoms with Crippen molar-refractivity contribution in [1.29, 1.82) is 0 Å². The Bertz CT molecular complexity index is 310. The van der Waals surface area contributed by atoms with Crippen molar-refractivity contribution < 1.29 is 9.59 Å². The standard InChI is InChI=1S/C16H30O2Se2/c1-11(2)13(17)9-15(5,6)19-20-16(7,8)10-14(18)12(3)4/h11-12H,9-10H2,1-8H3. The molecule has 0 aromatic rings. The van der Waals surface area contributed by atoms with E-state index in [-0.39, 0.29) is 20.5 Å². The fraction of sp³-hybridized carbons (Fsp3) is 0.875. The molecule has 0 unspecified atom stereocenters. The Morgan fingerprint density at radius 2 is 1.00 bits per heavy atom. The zero-order valence-electron chi connectivity index (χ0n) is 14.2. The van der Waals surface area contributed by atoms with Gasteiger partial charge in [0.15, 0.2) is 0 Å². The Hall–Kier alpha value is 0.379. The van der Waals surface area contributed by atoms with Gasteiger partial charge in [-0.05, 0) is 0 Å². The second kappa shape index (κ2) is 8.13. The average molecular weight is 412 g/mol. The molecule has 0 rings (SSSR count). The van der Waals surface area contributed by atoms with Gasteiger partial charge in [-0.25, -0.2) is 0 Å². The van der Waals surface area contributed by atoms with E-state index in [4.69, 9.17) is 0 Å². The molecule has 0 bridgehead atoms. The molecular weight excluding hydrogens is 382 g/mol. The van der Waals surface area contributed by atoms with Gasteiger partial charge in [0.25, 0.3) is 0 Å². The summed E-state index contributed by atoms with van der Waals surface area (Å²) in [5.74, 6) is 0.994. The van der Waals surface area contributed by atoms with E-state index in [1.807, 2.05) is 27.7 Å². The van der Waals surface area contributed by atoms with E-state index < -0.39 is 0 Å². The van der Waals surface area contributed by atoms with Gasteiger partial charge in [0.1, 0.15) is 0 Å². The van der Waals surface area contributed by atoms with Crippen LogP contribution in [0.2, 0.25) is 8.63 Å². The molecule has 0 spiro atoms. The molecule has 0 N–H and O–H groups in total. The molecule has 118 valence electrons. The molecule has 20 heavy (non-hydrogen) atoms. The zero-order chi connectivity index (χ0) is 16.1. The van der Waals surface area contributed by atoms with Crippen molar-refractivity contribution in [2.75, 3.05) is 0 Å². The molecule has 0 aromatic heterocycles. The molecule has 0 fully saturated rings. The SMILES string of the molecule is CC(C)C(=O)CC(C)(C)[Se][Se]C(C)(C)CC(=O)C(C)C. The molecule has 0 aliphatic rings. The summed E-state index contributed by atoms with van der Waals surface area (Å²) >= 11 is 0.872. The third kappa shape index (κ3) is 8.62. The molecule has 0 aliphatic carbocycles. The van der Waals surface area contributed by atoms with Crippen LogP contribution in [-0.2, 0) is 9.59 Å². The molecule has 0 atom stereocenters. The number of Topliss-reactive ketones (excluding diaryl/α,β-unsaturated/α-hetero) is 2. The zero-order valence-corrected chi connectivity index (χ0v) is 17.6. The number of hydrogen-bond donors (Lipinski definition) is 0. The van der Waals surface area contributed by atoms with Crippen LogP contribution in [0.15, 0.2) is 0 Å². The van der Waals surface area contributed by atoms with Crippen molar-refractivity contribution in [3.63, 3.8) is 0 Å². The molecule has 0 amide bonds. The predicted molar refractivity (Wildman–Crippen MR) is 88.5 cm³/mol. The van der Waals surface area contributed by atoms with Crippen LogP contribution >= 0.6 is 0 Å². The summed E-state index contributed by atoms with van der Waals surface area (Å²) in [6.45, 7) is 16.7. The predicted octanol–water partition coefficient (Wildman–Crippen LogP) is 3.94. The van der Waals surface area contributed by atoms with Gasteiger partial charge in [0, 0.05) is 0 Å².